The molecule has 1 atom stereocenters. The molecule has 0 aromatic rings. The Morgan fingerprint density at radius 3 is 2.83 bits per heavy atom. The quantitative estimate of drug-likeness (QED) is 0.648. The van der Waals surface area contributed by atoms with Gasteiger partial charge in [-0.15, -0.1) is 0 Å². The molecule has 0 aromatic heterocycles. The molecule has 102 valence electrons. The summed E-state index contributed by atoms with van der Waals surface area (Å²) in [6.45, 7) is 2.97. The van der Waals surface area contributed by atoms with Crippen LogP contribution in [0, 0.1) is 0 Å². The van der Waals surface area contributed by atoms with Crippen LogP contribution in [0.1, 0.15) is 26.2 Å². The maximum atomic E-state index is 11.9. The molecule has 0 aliphatic carbocycles. The van der Waals surface area contributed by atoms with Gasteiger partial charge in [-0.2, -0.15) is 0 Å². The van der Waals surface area contributed by atoms with Crippen LogP contribution in [0.5, 0.6) is 0 Å². The first-order valence-corrected chi connectivity index (χ1v) is 6.09. The molecular formula is C11H19N3O4. The van der Waals surface area contributed by atoms with Crippen LogP contribution < -0.4 is 10.6 Å². The van der Waals surface area contributed by atoms with Crippen molar-refractivity contribution >= 4 is 17.9 Å². The standard InChI is InChI=1S/C11H19N3O4/c1-2-3-8(10(16)17)13-11(18)14-6-4-9(15)12-5-7-14/h8H,2-7H2,1H3,(H,12,15)(H,13,18)(H,16,17)/t8-/m1/s1. The first-order chi connectivity index (χ1) is 8.54. The summed E-state index contributed by atoms with van der Waals surface area (Å²) in [6.07, 6.45) is 1.32. The van der Waals surface area contributed by atoms with Gasteiger partial charge in [-0.25, -0.2) is 9.59 Å². The molecule has 1 rings (SSSR count). The van der Waals surface area contributed by atoms with Crippen LogP contribution in [0.15, 0.2) is 0 Å². The number of amides is 3. The van der Waals surface area contributed by atoms with E-state index in [9.17, 15) is 14.4 Å². The second-order valence-corrected chi connectivity index (χ2v) is 4.22. The van der Waals surface area contributed by atoms with Crippen LogP contribution in [0.4, 0.5) is 4.79 Å². The van der Waals surface area contributed by atoms with Gasteiger partial charge in [0.2, 0.25) is 5.91 Å². The Labute approximate surface area is 106 Å². The minimum absolute atomic E-state index is 0.0892. The van der Waals surface area contributed by atoms with Gasteiger partial charge in [-0.1, -0.05) is 13.3 Å². The van der Waals surface area contributed by atoms with Crippen LogP contribution in [-0.2, 0) is 9.59 Å². The van der Waals surface area contributed by atoms with Gasteiger partial charge in [0.05, 0.1) is 0 Å². The zero-order valence-corrected chi connectivity index (χ0v) is 10.4. The molecule has 0 bridgehead atoms. The molecule has 1 aliphatic rings. The Morgan fingerprint density at radius 2 is 2.22 bits per heavy atom. The molecule has 1 aliphatic heterocycles. The lowest BCUT2D eigenvalue weighted by atomic mass is 10.2. The van der Waals surface area contributed by atoms with E-state index in [1.807, 2.05) is 6.92 Å². The Kier molecular flexibility index (Phi) is 5.41. The number of carbonyl (C=O) groups is 3. The summed E-state index contributed by atoms with van der Waals surface area (Å²) >= 11 is 0. The van der Waals surface area contributed by atoms with Crippen molar-refractivity contribution in [2.45, 2.75) is 32.2 Å². The molecule has 0 unspecified atom stereocenters. The topological polar surface area (TPSA) is 98.7 Å². The smallest absolute Gasteiger partial charge is 0.326 e. The Bertz CT molecular complexity index is 332. The van der Waals surface area contributed by atoms with Gasteiger partial charge < -0.3 is 20.6 Å². The predicted octanol–water partition coefficient (Wildman–Crippen LogP) is -0.229. The van der Waals surface area contributed by atoms with E-state index in [0.717, 1.165) is 0 Å². The van der Waals surface area contributed by atoms with Crippen molar-refractivity contribution in [2.24, 2.45) is 0 Å². The van der Waals surface area contributed by atoms with Crippen molar-refractivity contribution in [1.29, 1.82) is 0 Å². The summed E-state index contributed by atoms with van der Waals surface area (Å²) in [4.78, 5) is 35.4. The van der Waals surface area contributed by atoms with Crippen molar-refractivity contribution in [1.82, 2.24) is 15.5 Å². The summed E-state index contributed by atoms with van der Waals surface area (Å²) in [5.41, 5.74) is 0. The van der Waals surface area contributed by atoms with Crippen molar-refractivity contribution in [3.05, 3.63) is 0 Å². The number of carboxylic acids is 1. The molecular weight excluding hydrogens is 238 g/mol. The first-order valence-electron chi connectivity index (χ1n) is 6.09. The minimum Gasteiger partial charge on any atom is -0.480 e. The summed E-state index contributed by atoms with van der Waals surface area (Å²) in [5.74, 6) is -1.12. The molecule has 1 fully saturated rings. The number of nitrogens with one attached hydrogen (secondary N) is 2. The summed E-state index contributed by atoms with van der Waals surface area (Å²) in [5, 5.41) is 14.1. The monoisotopic (exact) mass is 257 g/mol. The van der Waals surface area contributed by atoms with E-state index in [-0.39, 0.29) is 12.3 Å². The van der Waals surface area contributed by atoms with Crippen LogP contribution in [-0.4, -0.2) is 53.6 Å². The van der Waals surface area contributed by atoms with Crippen LogP contribution in [0.25, 0.3) is 0 Å². The molecule has 7 nitrogen and oxygen atoms in total. The average molecular weight is 257 g/mol. The Balaban J connectivity index is 2.52. The molecule has 3 N–H and O–H groups in total. The zero-order chi connectivity index (χ0) is 13.5. The van der Waals surface area contributed by atoms with Gasteiger partial charge in [-0.3, -0.25) is 4.79 Å². The first kappa shape index (κ1) is 14.3. The summed E-state index contributed by atoms with van der Waals surface area (Å²) in [7, 11) is 0. The fourth-order valence-corrected chi connectivity index (χ4v) is 1.76. The number of urea groups is 1. The number of hydrogen-bond acceptors (Lipinski definition) is 3. The van der Waals surface area contributed by atoms with E-state index in [2.05, 4.69) is 10.6 Å². The van der Waals surface area contributed by atoms with Crippen LogP contribution in [0.3, 0.4) is 0 Å². The lowest BCUT2D eigenvalue weighted by Crippen LogP contribution is -2.48. The third-order valence-corrected chi connectivity index (χ3v) is 2.77. The van der Waals surface area contributed by atoms with Crippen molar-refractivity contribution in [2.75, 3.05) is 19.6 Å². The molecule has 0 saturated carbocycles. The largest absolute Gasteiger partial charge is 0.480 e. The Morgan fingerprint density at radius 1 is 1.50 bits per heavy atom. The lowest BCUT2D eigenvalue weighted by Gasteiger charge is -2.22. The molecule has 1 saturated heterocycles. The van der Waals surface area contributed by atoms with Gasteiger partial charge >= 0.3 is 12.0 Å². The van der Waals surface area contributed by atoms with E-state index >= 15 is 0 Å². The third kappa shape index (κ3) is 4.23. The predicted molar refractivity (Wildman–Crippen MR) is 64.1 cm³/mol. The van der Waals surface area contributed by atoms with E-state index in [1.54, 1.807) is 0 Å². The maximum Gasteiger partial charge on any atom is 0.326 e. The second-order valence-electron chi connectivity index (χ2n) is 4.22. The highest BCUT2D eigenvalue weighted by Gasteiger charge is 2.23. The van der Waals surface area contributed by atoms with Gasteiger partial charge in [0.25, 0.3) is 0 Å². The number of aliphatic carboxylic acids is 1. The summed E-state index contributed by atoms with van der Waals surface area (Å²) in [6, 6.07) is -1.29. The number of carboxylic acid groups (broad SMARTS) is 1. The third-order valence-electron chi connectivity index (χ3n) is 2.77. The lowest BCUT2D eigenvalue weighted by molar-refractivity contribution is -0.139. The van der Waals surface area contributed by atoms with Crippen molar-refractivity contribution in [3.63, 3.8) is 0 Å². The molecule has 0 radical (unpaired) electrons. The van der Waals surface area contributed by atoms with Gasteiger partial charge in [0.15, 0.2) is 0 Å². The van der Waals surface area contributed by atoms with Gasteiger partial charge in [-0.05, 0) is 6.42 Å². The SMILES string of the molecule is CCC[C@@H](NC(=O)N1CCNC(=O)CC1)C(=O)O. The molecule has 0 aromatic carbocycles. The highest BCUT2D eigenvalue weighted by molar-refractivity contribution is 5.83. The van der Waals surface area contributed by atoms with Crippen molar-refractivity contribution in [3.8, 4) is 0 Å². The van der Waals surface area contributed by atoms with E-state index < -0.39 is 18.0 Å². The minimum atomic E-state index is -1.03. The fourth-order valence-electron chi connectivity index (χ4n) is 1.76. The normalized spacial score (nSPS) is 17.6. The van der Waals surface area contributed by atoms with Crippen molar-refractivity contribution < 1.29 is 19.5 Å². The highest BCUT2D eigenvalue weighted by atomic mass is 16.4. The summed E-state index contributed by atoms with van der Waals surface area (Å²) < 4.78 is 0. The van der Waals surface area contributed by atoms with Crippen LogP contribution >= 0.6 is 0 Å². The highest BCUT2D eigenvalue weighted by Crippen LogP contribution is 2.01. The number of hydrogen-bond donors (Lipinski definition) is 3. The van der Waals surface area contributed by atoms with E-state index in [4.69, 9.17) is 5.11 Å². The molecule has 3 amide bonds. The van der Waals surface area contributed by atoms with Gasteiger partial charge in [0, 0.05) is 26.1 Å². The number of carbonyl (C=O) groups excluding carboxylic acids is 2. The van der Waals surface area contributed by atoms with E-state index in [0.29, 0.717) is 32.5 Å². The molecule has 18 heavy (non-hydrogen) atoms. The number of rotatable bonds is 4. The van der Waals surface area contributed by atoms with Gasteiger partial charge in [0.1, 0.15) is 6.04 Å². The molecule has 7 heteroatoms. The molecule has 0 spiro atoms. The maximum absolute atomic E-state index is 11.9. The average Bonchev–Trinajstić information content (AvgIpc) is 2.53. The molecule has 1 heterocycles. The second kappa shape index (κ2) is 6.83. The van der Waals surface area contributed by atoms with Crippen LogP contribution in [0.2, 0.25) is 0 Å². The zero-order valence-electron chi connectivity index (χ0n) is 10.4. The van der Waals surface area contributed by atoms with E-state index in [1.165, 1.54) is 4.90 Å². The Hall–Kier alpha value is -1.79. The fraction of sp³-hybridized carbons (Fsp3) is 0.727. The number of nitrogens with zero attached hydrogens (tertiary/aromatic N) is 1.